The number of carbonyl (C=O) groups is 1. The molecular formula is C15H26N4O4S. The van der Waals surface area contributed by atoms with Gasteiger partial charge in [-0.05, 0) is 25.7 Å². The summed E-state index contributed by atoms with van der Waals surface area (Å²) in [4.78, 5) is 11.4. The van der Waals surface area contributed by atoms with Gasteiger partial charge in [-0.25, -0.2) is 17.5 Å². The lowest BCUT2D eigenvalue weighted by Crippen LogP contribution is -2.40. The largest absolute Gasteiger partial charge is 0.476 e. The van der Waals surface area contributed by atoms with E-state index in [1.165, 1.54) is 10.6 Å². The lowest BCUT2D eigenvalue weighted by Gasteiger charge is -2.25. The van der Waals surface area contributed by atoms with Crippen LogP contribution in [0.15, 0.2) is 0 Å². The minimum atomic E-state index is -3.17. The van der Waals surface area contributed by atoms with Gasteiger partial charge in [0.1, 0.15) is 0 Å². The first-order chi connectivity index (χ1) is 11.2. The Morgan fingerprint density at radius 2 is 2.21 bits per heavy atom. The molecule has 0 unspecified atom stereocenters. The highest BCUT2D eigenvalue weighted by atomic mass is 32.2. The van der Waals surface area contributed by atoms with Crippen LogP contribution in [0.5, 0.6) is 0 Å². The van der Waals surface area contributed by atoms with Crippen LogP contribution >= 0.6 is 0 Å². The number of carboxylic acid groups (broad SMARTS) is 1. The number of carboxylic acids is 1. The predicted molar refractivity (Wildman–Crippen MR) is 90.8 cm³/mol. The zero-order valence-corrected chi connectivity index (χ0v) is 15.3. The van der Waals surface area contributed by atoms with Gasteiger partial charge in [-0.3, -0.25) is 4.68 Å². The number of rotatable bonds is 8. The molecule has 0 saturated heterocycles. The molecule has 2 N–H and O–H groups in total. The zero-order valence-electron chi connectivity index (χ0n) is 14.4. The van der Waals surface area contributed by atoms with E-state index in [9.17, 15) is 18.3 Å². The summed E-state index contributed by atoms with van der Waals surface area (Å²) in [5.74, 6) is -0.987. The van der Waals surface area contributed by atoms with Crippen molar-refractivity contribution >= 4 is 16.0 Å². The van der Waals surface area contributed by atoms with Crippen LogP contribution in [-0.2, 0) is 29.4 Å². The molecule has 1 aromatic rings. The van der Waals surface area contributed by atoms with E-state index in [-0.39, 0.29) is 11.7 Å². The number of nitrogens with one attached hydrogen (secondary N) is 1. The fraction of sp³-hybridized carbons (Fsp3) is 0.733. The van der Waals surface area contributed by atoms with Gasteiger partial charge in [-0.15, -0.1) is 0 Å². The van der Waals surface area contributed by atoms with E-state index in [2.05, 4.69) is 10.4 Å². The van der Waals surface area contributed by atoms with Crippen molar-refractivity contribution in [3.63, 3.8) is 0 Å². The van der Waals surface area contributed by atoms with Crippen LogP contribution in [0.1, 0.15) is 41.5 Å². The molecule has 0 aliphatic heterocycles. The summed E-state index contributed by atoms with van der Waals surface area (Å²) in [6.07, 6.45) is 4.39. The monoisotopic (exact) mass is 358 g/mol. The van der Waals surface area contributed by atoms with Crippen LogP contribution in [0.25, 0.3) is 0 Å². The van der Waals surface area contributed by atoms with Crippen molar-refractivity contribution in [2.75, 3.05) is 26.4 Å². The van der Waals surface area contributed by atoms with Gasteiger partial charge in [0, 0.05) is 44.0 Å². The third-order valence-corrected chi connectivity index (χ3v) is 5.73. The molecule has 136 valence electrons. The van der Waals surface area contributed by atoms with E-state index in [0.29, 0.717) is 19.5 Å². The second-order valence-corrected chi connectivity index (χ2v) is 8.37. The van der Waals surface area contributed by atoms with E-state index in [1.54, 1.807) is 7.05 Å². The average molecular weight is 358 g/mol. The van der Waals surface area contributed by atoms with Gasteiger partial charge in [0.2, 0.25) is 10.0 Å². The third-order valence-electron chi connectivity index (χ3n) is 4.41. The Bertz CT molecular complexity index is 699. The number of aromatic carboxylic acids is 1. The van der Waals surface area contributed by atoms with Crippen LogP contribution in [-0.4, -0.2) is 66.0 Å². The molecule has 1 aliphatic rings. The fourth-order valence-electron chi connectivity index (χ4n) is 3.02. The Hall–Kier alpha value is -1.45. The molecule has 1 heterocycles. The highest BCUT2D eigenvalue weighted by Gasteiger charge is 2.28. The zero-order chi connectivity index (χ0) is 17.9. The minimum absolute atomic E-state index is 0.142. The normalized spacial score (nSPS) is 17.9. The lowest BCUT2D eigenvalue weighted by molar-refractivity contribution is 0.0688. The lowest BCUT2D eigenvalue weighted by atomic mass is 9.91. The second-order valence-electron chi connectivity index (χ2n) is 6.28. The van der Waals surface area contributed by atoms with Gasteiger partial charge >= 0.3 is 5.97 Å². The summed E-state index contributed by atoms with van der Waals surface area (Å²) >= 11 is 0. The SMILES string of the molecule is CCCn1nc(C(=O)O)c2c1CC[C@H](NCCN(C)S(C)(=O)=O)C2. The number of likely N-dealkylation sites (N-methyl/N-ethyl adjacent to an activating group) is 1. The Balaban J connectivity index is 2.02. The van der Waals surface area contributed by atoms with Crippen LogP contribution in [0.3, 0.4) is 0 Å². The number of hydrogen-bond acceptors (Lipinski definition) is 5. The van der Waals surface area contributed by atoms with E-state index in [4.69, 9.17) is 0 Å². The summed E-state index contributed by atoms with van der Waals surface area (Å²) in [5.41, 5.74) is 2.00. The number of aromatic nitrogens is 2. The van der Waals surface area contributed by atoms with Crippen molar-refractivity contribution in [1.29, 1.82) is 0 Å². The molecule has 1 aliphatic carbocycles. The number of sulfonamides is 1. The molecule has 0 radical (unpaired) electrons. The van der Waals surface area contributed by atoms with Crippen molar-refractivity contribution in [2.24, 2.45) is 0 Å². The van der Waals surface area contributed by atoms with Crippen molar-refractivity contribution in [3.8, 4) is 0 Å². The topological polar surface area (TPSA) is 105 Å². The Labute approximate surface area is 142 Å². The van der Waals surface area contributed by atoms with E-state index >= 15 is 0 Å². The maximum Gasteiger partial charge on any atom is 0.356 e. The molecule has 9 heteroatoms. The summed E-state index contributed by atoms with van der Waals surface area (Å²) in [5, 5.41) is 17.0. The van der Waals surface area contributed by atoms with Gasteiger partial charge in [-0.2, -0.15) is 5.10 Å². The van der Waals surface area contributed by atoms with Crippen molar-refractivity contribution in [2.45, 2.75) is 45.2 Å². The van der Waals surface area contributed by atoms with Gasteiger partial charge in [0.15, 0.2) is 5.69 Å². The van der Waals surface area contributed by atoms with Crippen molar-refractivity contribution in [1.82, 2.24) is 19.4 Å². The Kier molecular flexibility index (Phi) is 6.00. The molecule has 1 aromatic heterocycles. The summed E-state index contributed by atoms with van der Waals surface area (Å²) in [7, 11) is -1.62. The molecule has 1 atom stereocenters. The van der Waals surface area contributed by atoms with Crippen molar-refractivity contribution < 1.29 is 18.3 Å². The summed E-state index contributed by atoms with van der Waals surface area (Å²) in [6, 6.07) is 0.142. The highest BCUT2D eigenvalue weighted by molar-refractivity contribution is 7.88. The summed E-state index contributed by atoms with van der Waals surface area (Å²) in [6.45, 7) is 3.70. The molecule has 0 spiro atoms. The Morgan fingerprint density at radius 3 is 2.79 bits per heavy atom. The molecule has 0 amide bonds. The van der Waals surface area contributed by atoms with Gasteiger partial charge in [-0.1, -0.05) is 6.92 Å². The molecule has 0 bridgehead atoms. The first-order valence-corrected chi connectivity index (χ1v) is 10.1. The molecular weight excluding hydrogens is 332 g/mol. The minimum Gasteiger partial charge on any atom is -0.476 e. The van der Waals surface area contributed by atoms with E-state index in [0.717, 1.165) is 37.1 Å². The van der Waals surface area contributed by atoms with E-state index in [1.807, 2.05) is 11.6 Å². The molecule has 24 heavy (non-hydrogen) atoms. The first-order valence-electron chi connectivity index (χ1n) is 8.20. The molecule has 0 saturated carbocycles. The van der Waals surface area contributed by atoms with Crippen LogP contribution in [0, 0.1) is 0 Å². The number of aryl methyl sites for hydroxylation is 1. The van der Waals surface area contributed by atoms with Crippen LogP contribution in [0.2, 0.25) is 0 Å². The quantitative estimate of drug-likeness (QED) is 0.694. The second kappa shape index (κ2) is 7.62. The predicted octanol–water partition coefficient (Wildman–Crippen LogP) is 0.330. The van der Waals surface area contributed by atoms with Gasteiger partial charge in [0.25, 0.3) is 0 Å². The number of nitrogens with zero attached hydrogens (tertiary/aromatic N) is 3. The van der Waals surface area contributed by atoms with Crippen LogP contribution < -0.4 is 5.32 Å². The number of fused-ring (bicyclic) bond motifs is 1. The smallest absolute Gasteiger partial charge is 0.356 e. The number of hydrogen-bond donors (Lipinski definition) is 2. The molecule has 0 aromatic carbocycles. The van der Waals surface area contributed by atoms with Crippen LogP contribution in [0.4, 0.5) is 0 Å². The first kappa shape index (κ1) is 18.9. The molecule has 0 fully saturated rings. The molecule has 2 rings (SSSR count). The third kappa shape index (κ3) is 4.34. The molecule has 8 nitrogen and oxygen atoms in total. The fourth-order valence-corrected chi connectivity index (χ4v) is 3.45. The maximum absolute atomic E-state index is 11.4. The standard InChI is InChI=1S/C15H26N4O4S/c1-4-8-19-13-6-5-11(10-12(13)14(17-19)15(20)21)16-7-9-18(2)24(3,22)23/h11,16H,4-10H2,1-3H3,(H,20,21)/t11-/m0/s1. The average Bonchev–Trinajstić information content (AvgIpc) is 2.85. The van der Waals surface area contributed by atoms with E-state index < -0.39 is 16.0 Å². The van der Waals surface area contributed by atoms with Crippen molar-refractivity contribution in [3.05, 3.63) is 17.0 Å². The highest BCUT2D eigenvalue weighted by Crippen LogP contribution is 2.25. The van der Waals surface area contributed by atoms with Gasteiger partial charge in [0.05, 0.1) is 6.26 Å². The Morgan fingerprint density at radius 1 is 1.50 bits per heavy atom. The maximum atomic E-state index is 11.4. The summed E-state index contributed by atoms with van der Waals surface area (Å²) < 4.78 is 25.9. The van der Waals surface area contributed by atoms with Gasteiger partial charge < -0.3 is 10.4 Å².